The first-order chi connectivity index (χ1) is 9.69. The monoisotopic (exact) mass is 293 g/mol. The third-order valence-electron chi connectivity index (χ3n) is 3.67. The lowest BCUT2D eigenvalue weighted by atomic mass is 9.95. The highest BCUT2D eigenvalue weighted by molar-refractivity contribution is 8.00. The second-order valence-corrected chi connectivity index (χ2v) is 6.70. The maximum atomic E-state index is 12.2. The number of hydrogen-bond acceptors (Lipinski definition) is 3. The van der Waals surface area contributed by atoms with E-state index in [0.717, 1.165) is 23.5 Å². The Morgan fingerprint density at radius 1 is 1.35 bits per heavy atom. The van der Waals surface area contributed by atoms with Crippen LogP contribution in [-0.4, -0.2) is 24.3 Å². The molecule has 110 valence electrons. The van der Waals surface area contributed by atoms with Crippen LogP contribution in [0.15, 0.2) is 29.2 Å². The Hall–Kier alpha value is -1.16. The Morgan fingerprint density at radius 2 is 2.10 bits per heavy atom. The number of thioether (sulfide) groups is 1. The molecule has 0 heterocycles. The smallest absolute Gasteiger partial charge is 0.233 e. The Balaban J connectivity index is 1.86. The van der Waals surface area contributed by atoms with E-state index >= 15 is 0 Å². The lowest BCUT2D eigenvalue weighted by Crippen LogP contribution is -2.40. The quantitative estimate of drug-likeness (QED) is 0.843. The molecule has 1 unspecified atom stereocenters. The fourth-order valence-electron chi connectivity index (χ4n) is 2.50. The first-order valence-electron chi connectivity index (χ1n) is 7.30. The minimum atomic E-state index is -0.0796. The van der Waals surface area contributed by atoms with Crippen LogP contribution in [0.25, 0.3) is 0 Å². The topological polar surface area (TPSA) is 38.3 Å². The van der Waals surface area contributed by atoms with Crippen molar-refractivity contribution in [2.24, 2.45) is 0 Å². The van der Waals surface area contributed by atoms with Gasteiger partial charge in [0.15, 0.2) is 0 Å². The van der Waals surface area contributed by atoms with Crippen molar-refractivity contribution in [2.75, 3.05) is 7.11 Å². The molecule has 2 rings (SSSR count). The van der Waals surface area contributed by atoms with Gasteiger partial charge in [0.1, 0.15) is 5.75 Å². The summed E-state index contributed by atoms with van der Waals surface area (Å²) in [7, 11) is 1.66. The van der Waals surface area contributed by atoms with Gasteiger partial charge in [0.05, 0.1) is 12.4 Å². The first kappa shape index (κ1) is 15.2. The van der Waals surface area contributed by atoms with E-state index in [-0.39, 0.29) is 11.2 Å². The van der Waals surface area contributed by atoms with Crippen molar-refractivity contribution in [1.29, 1.82) is 0 Å². The lowest BCUT2D eigenvalue weighted by molar-refractivity contribution is -0.121. The molecule has 1 amide bonds. The summed E-state index contributed by atoms with van der Waals surface area (Å²) in [6, 6.07) is 8.22. The van der Waals surface area contributed by atoms with Gasteiger partial charge in [-0.25, -0.2) is 0 Å². The number of benzene rings is 1. The van der Waals surface area contributed by atoms with Crippen LogP contribution in [0.3, 0.4) is 0 Å². The summed E-state index contributed by atoms with van der Waals surface area (Å²) in [5, 5.41) is 3.10. The van der Waals surface area contributed by atoms with Crippen molar-refractivity contribution in [3.63, 3.8) is 0 Å². The lowest BCUT2D eigenvalue weighted by Gasteiger charge is -2.24. The van der Waals surface area contributed by atoms with Crippen molar-refractivity contribution >= 4 is 17.7 Å². The Morgan fingerprint density at radius 3 is 2.80 bits per heavy atom. The van der Waals surface area contributed by atoms with Crippen molar-refractivity contribution in [2.45, 2.75) is 55.2 Å². The largest absolute Gasteiger partial charge is 0.497 e. The molecule has 1 saturated carbocycles. The summed E-state index contributed by atoms with van der Waals surface area (Å²) >= 11 is 1.58. The number of nitrogens with one attached hydrogen (secondary N) is 1. The fraction of sp³-hybridized carbons (Fsp3) is 0.562. The standard InChI is InChI=1S/C16H23NO2S/c1-12(16(18)17-13-7-4-3-5-8-13)20-15-10-6-9-14(11-15)19-2/h6,9-13H,3-5,7-8H2,1-2H3,(H,17,18). The average molecular weight is 293 g/mol. The highest BCUT2D eigenvalue weighted by Gasteiger charge is 2.20. The number of carbonyl (C=O) groups is 1. The minimum absolute atomic E-state index is 0.0796. The summed E-state index contributed by atoms with van der Waals surface area (Å²) in [5.41, 5.74) is 0. The van der Waals surface area contributed by atoms with E-state index in [0.29, 0.717) is 6.04 Å². The third-order valence-corrected chi connectivity index (χ3v) is 4.77. The van der Waals surface area contributed by atoms with Crippen LogP contribution in [0.5, 0.6) is 5.75 Å². The van der Waals surface area contributed by atoms with E-state index < -0.39 is 0 Å². The van der Waals surface area contributed by atoms with E-state index in [9.17, 15) is 4.79 Å². The second-order valence-electron chi connectivity index (χ2n) is 5.28. The molecule has 3 nitrogen and oxygen atoms in total. The normalized spacial score (nSPS) is 17.5. The molecule has 0 aliphatic heterocycles. The molecule has 4 heteroatoms. The van der Waals surface area contributed by atoms with Gasteiger partial charge in [0.2, 0.25) is 5.91 Å². The zero-order chi connectivity index (χ0) is 14.4. The molecule has 1 fully saturated rings. The Bertz CT molecular complexity index is 444. The predicted molar refractivity (Wildman–Crippen MR) is 83.3 cm³/mol. The van der Waals surface area contributed by atoms with Gasteiger partial charge >= 0.3 is 0 Å². The molecule has 1 aliphatic carbocycles. The van der Waals surface area contributed by atoms with Gasteiger partial charge in [0.25, 0.3) is 0 Å². The number of carbonyl (C=O) groups excluding carboxylic acids is 1. The SMILES string of the molecule is COc1cccc(SC(C)C(=O)NC2CCCCC2)c1. The molecule has 0 spiro atoms. The van der Waals surface area contributed by atoms with E-state index in [1.807, 2.05) is 31.2 Å². The van der Waals surface area contributed by atoms with E-state index in [1.165, 1.54) is 19.3 Å². The van der Waals surface area contributed by atoms with Crippen LogP contribution in [0.2, 0.25) is 0 Å². The van der Waals surface area contributed by atoms with Gasteiger partial charge in [-0.2, -0.15) is 0 Å². The summed E-state index contributed by atoms with van der Waals surface area (Å²) in [4.78, 5) is 13.3. The van der Waals surface area contributed by atoms with Gasteiger partial charge in [-0.1, -0.05) is 25.3 Å². The molecule has 1 aromatic rings. The number of ether oxygens (including phenoxy) is 1. The van der Waals surface area contributed by atoms with E-state index in [4.69, 9.17) is 4.74 Å². The number of methoxy groups -OCH3 is 1. The van der Waals surface area contributed by atoms with Crippen molar-refractivity contribution in [3.05, 3.63) is 24.3 Å². The molecule has 0 radical (unpaired) electrons. The van der Waals surface area contributed by atoms with Crippen LogP contribution in [0.4, 0.5) is 0 Å². The van der Waals surface area contributed by atoms with Crippen LogP contribution in [0, 0.1) is 0 Å². The summed E-state index contributed by atoms with van der Waals surface area (Å²) < 4.78 is 5.20. The van der Waals surface area contributed by atoms with Gasteiger partial charge in [0, 0.05) is 10.9 Å². The molecular weight excluding hydrogens is 270 g/mol. The average Bonchev–Trinajstić information content (AvgIpc) is 2.48. The minimum Gasteiger partial charge on any atom is -0.497 e. The molecule has 1 aromatic carbocycles. The number of rotatable bonds is 5. The number of hydrogen-bond donors (Lipinski definition) is 1. The highest BCUT2D eigenvalue weighted by Crippen LogP contribution is 2.27. The fourth-order valence-corrected chi connectivity index (χ4v) is 3.42. The Kier molecular flexibility index (Phi) is 5.77. The maximum Gasteiger partial charge on any atom is 0.233 e. The highest BCUT2D eigenvalue weighted by atomic mass is 32.2. The molecule has 0 bridgehead atoms. The van der Waals surface area contributed by atoms with Crippen molar-refractivity contribution < 1.29 is 9.53 Å². The molecular formula is C16H23NO2S. The molecule has 1 N–H and O–H groups in total. The third kappa shape index (κ3) is 4.44. The van der Waals surface area contributed by atoms with Gasteiger partial charge in [-0.05, 0) is 38.0 Å². The summed E-state index contributed by atoms with van der Waals surface area (Å²) in [5.74, 6) is 0.972. The zero-order valence-electron chi connectivity index (χ0n) is 12.2. The zero-order valence-corrected chi connectivity index (χ0v) is 13.0. The van der Waals surface area contributed by atoms with Crippen LogP contribution >= 0.6 is 11.8 Å². The molecule has 1 aliphatic rings. The first-order valence-corrected chi connectivity index (χ1v) is 8.18. The number of amides is 1. The summed E-state index contributed by atoms with van der Waals surface area (Å²) in [6.07, 6.45) is 6.04. The molecule has 1 atom stereocenters. The van der Waals surface area contributed by atoms with Crippen molar-refractivity contribution in [1.82, 2.24) is 5.32 Å². The van der Waals surface area contributed by atoms with E-state index in [2.05, 4.69) is 5.32 Å². The van der Waals surface area contributed by atoms with Gasteiger partial charge in [-0.3, -0.25) is 4.79 Å². The van der Waals surface area contributed by atoms with Crippen LogP contribution < -0.4 is 10.1 Å². The predicted octanol–water partition coefficient (Wildman–Crippen LogP) is 3.62. The van der Waals surface area contributed by atoms with Crippen LogP contribution in [-0.2, 0) is 4.79 Å². The molecule has 0 saturated heterocycles. The Labute approximate surface area is 125 Å². The van der Waals surface area contributed by atoms with E-state index in [1.54, 1.807) is 18.9 Å². The maximum absolute atomic E-state index is 12.2. The summed E-state index contributed by atoms with van der Waals surface area (Å²) in [6.45, 7) is 1.96. The van der Waals surface area contributed by atoms with Gasteiger partial charge < -0.3 is 10.1 Å². The molecule has 0 aromatic heterocycles. The van der Waals surface area contributed by atoms with Gasteiger partial charge in [-0.15, -0.1) is 11.8 Å². The van der Waals surface area contributed by atoms with Crippen LogP contribution in [0.1, 0.15) is 39.0 Å². The second kappa shape index (κ2) is 7.58. The van der Waals surface area contributed by atoms with Crippen molar-refractivity contribution in [3.8, 4) is 5.75 Å². The molecule has 20 heavy (non-hydrogen) atoms.